The summed E-state index contributed by atoms with van der Waals surface area (Å²) in [4.78, 5) is 26.5. The molecule has 0 saturated carbocycles. The molecule has 2 amide bonds. The molecule has 1 heterocycles. The summed E-state index contributed by atoms with van der Waals surface area (Å²) in [5.41, 5.74) is 1.69. The van der Waals surface area contributed by atoms with E-state index in [0.29, 0.717) is 36.6 Å². The van der Waals surface area contributed by atoms with Crippen LogP contribution in [0.2, 0.25) is 5.02 Å². The second-order valence-electron chi connectivity index (χ2n) is 6.64. The first-order valence-corrected chi connectivity index (χ1v) is 9.04. The number of hydrogen-bond donors (Lipinski definition) is 1. The van der Waals surface area contributed by atoms with Crippen LogP contribution in [0, 0.1) is 24.5 Å². The van der Waals surface area contributed by atoms with Crippen LogP contribution in [0.5, 0.6) is 0 Å². The monoisotopic (exact) mass is 392 g/mol. The normalized spacial score (nSPS) is 14.9. The van der Waals surface area contributed by atoms with Crippen molar-refractivity contribution in [2.45, 2.75) is 19.8 Å². The summed E-state index contributed by atoms with van der Waals surface area (Å²) in [7, 11) is 0. The molecule has 2 aromatic rings. The van der Waals surface area contributed by atoms with Crippen LogP contribution in [-0.4, -0.2) is 29.8 Å². The minimum atomic E-state index is -1.05. The van der Waals surface area contributed by atoms with Crippen molar-refractivity contribution in [2.24, 2.45) is 5.92 Å². The summed E-state index contributed by atoms with van der Waals surface area (Å²) in [6.45, 7) is 2.64. The largest absolute Gasteiger partial charge is 0.339 e. The van der Waals surface area contributed by atoms with Crippen molar-refractivity contribution >= 4 is 29.1 Å². The van der Waals surface area contributed by atoms with Crippen LogP contribution >= 0.6 is 11.6 Å². The van der Waals surface area contributed by atoms with Crippen LogP contribution in [0.15, 0.2) is 36.4 Å². The molecule has 0 aliphatic carbocycles. The first kappa shape index (κ1) is 19.3. The highest BCUT2D eigenvalue weighted by atomic mass is 35.5. The summed E-state index contributed by atoms with van der Waals surface area (Å²) < 4.78 is 26.4. The highest BCUT2D eigenvalue weighted by molar-refractivity contribution is 6.31. The zero-order chi connectivity index (χ0) is 19.6. The number of anilines is 1. The number of piperidine rings is 1. The van der Waals surface area contributed by atoms with Crippen LogP contribution in [0.25, 0.3) is 0 Å². The molecule has 27 heavy (non-hydrogen) atoms. The molecule has 0 unspecified atom stereocenters. The Balaban J connectivity index is 1.59. The van der Waals surface area contributed by atoms with Crippen LogP contribution < -0.4 is 5.32 Å². The molecule has 4 nitrogen and oxygen atoms in total. The molecule has 0 bridgehead atoms. The van der Waals surface area contributed by atoms with Gasteiger partial charge in [0.15, 0.2) is 11.6 Å². The number of nitrogens with zero attached hydrogens (tertiary/aromatic N) is 1. The number of aryl methyl sites for hydroxylation is 1. The number of rotatable bonds is 3. The molecule has 3 rings (SSSR count). The van der Waals surface area contributed by atoms with E-state index in [2.05, 4.69) is 5.32 Å². The average molecular weight is 393 g/mol. The maximum Gasteiger partial charge on any atom is 0.253 e. The van der Waals surface area contributed by atoms with Gasteiger partial charge in [-0.2, -0.15) is 0 Å². The molecule has 0 atom stereocenters. The lowest BCUT2D eigenvalue weighted by Crippen LogP contribution is -2.41. The van der Waals surface area contributed by atoms with Crippen LogP contribution in [0.4, 0.5) is 14.5 Å². The zero-order valence-corrected chi connectivity index (χ0v) is 15.5. The third kappa shape index (κ3) is 4.45. The minimum absolute atomic E-state index is 0.103. The average Bonchev–Trinajstić information content (AvgIpc) is 2.66. The molecule has 1 fully saturated rings. The molecular weight excluding hydrogens is 374 g/mol. The Morgan fingerprint density at radius 2 is 1.78 bits per heavy atom. The maximum absolute atomic E-state index is 13.3. The molecule has 0 aromatic heterocycles. The molecule has 1 N–H and O–H groups in total. The lowest BCUT2D eigenvalue weighted by Gasteiger charge is -2.31. The maximum atomic E-state index is 13.3. The third-order valence-electron chi connectivity index (χ3n) is 4.78. The lowest BCUT2D eigenvalue weighted by molar-refractivity contribution is -0.121. The van der Waals surface area contributed by atoms with Crippen molar-refractivity contribution in [2.75, 3.05) is 18.4 Å². The molecule has 1 aliphatic heterocycles. The van der Waals surface area contributed by atoms with Crippen molar-refractivity contribution in [3.05, 3.63) is 64.2 Å². The van der Waals surface area contributed by atoms with Gasteiger partial charge in [-0.15, -0.1) is 0 Å². The van der Waals surface area contributed by atoms with Gasteiger partial charge in [-0.25, -0.2) is 8.78 Å². The summed E-state index contributed by atoms with van der Waals surface area (Å²) in [6, 6.07) is 8.41. The second kappa shape index (κ2) is 8.05. The van der Waals surface area contributed by atoms with Crippen LogP contribution in [-0.2, 0) is 4.79 Å². The van der Waals surface area contributed by atoms with Crippen molar-refractivity contribution in [1.82, 2.24) is 4.90 Å². The molecular formula is C20H19ClF2N2O2. The van der Waals surface area contributed by atoms with Gasteiger partial charge in [0.1, 0.15) is 0 Å². The zero-order valence-electron chi connectivity index (χ0n) is 14.8. The van der Waals surface area contributed by atoms with E-state index in [-0.39, 0.29) is 23.3 Å². The number of benzene rings is 2. The van der Waals surface area contributed by atoms with E-state index < -0.39 is 11.6 Å². The Bertz CT molecular complexity index is 880. The fourth-order valence-corrected chi connectivity index (χ4v) is 3.29. The smallest absolute Gasteiger partial charge is 0.253 e. The van der Waals surface area contributed by atoms with E-state index in [1.54, 1.807) is 17.0 Å². The molecule has 2 aromatic carbocycles. The predicted octanol–water partition coefficient (Wildman–Crippen LogP) is 4.42. The quantitative estimate of drug-likeness (QED) is 0.840. The number of carbonyl (C=O) groups excluding carboxylic acids is 2. The molecule has 1 aliphatic rings. The first-order valence-electron chi connectivity index (χ1n) is 8.66. The Labute approximate surface area is 161 Å². The highest BCUT2D eigenvalue weighted by Gasteiger charge is 2.28. The molecule has 142 valence electrons. The summed E-state index contributed by atoms with van der Waals surface area (Å²) in [5, 5.41) is 3.44. The number of carbonyl (C=O) groups is 2. The van der Waals surface area contributed by atoms with E-state index in [9.17, 15) is 18.4 Å². The summed E-state index contributed by atoms with van der Waals surface area (Å²) in [6.07, 6.45) is 1.00. The number of likely N-dealkylation sites (tertiary alicyclic amines) is 1. The second-order valence-corrected chi connectivity index (χ2v) is 7.08. The SMILES string of the molecule is Cc1ccc(Cl)cc1NC(=O)C1CCN(C(=O)c2ccc(F)c(F)c2)CC1. The number of amides is 2. The fraction of sp³-hybridized carbons (Fsp3) is 0.300. The van der Waals surface area contributed by atoms with Crippen molar-refractivity contribution in [1.29, 1.82) is 0 Å². The highest BCUT2D eigenvalue weighted by Crippen LogP contribution is 2.24. The Kier molecular flexibility index (Phi) is 5.75. The molecule has 1 saturated heterocycles. The third-order valence-corrected chi connectivity index (χ3v) is 5.01. The van der Waals surface area contributed by atoms with Gasteiger partial charge in [0, 0.05) is 35.3 Å². The Morgan fingerprint density at radius 3 is 2.44 bits per heavy atom. The topological polar surface area (TPSA) is 49.4 Å². The van der Waals surface area contributed by atoms with Gasteiger partial charge < -0.3 is 10.2 Å². The standard InChI is InChI=1S/C20H19ClF2N2O2/c1-12-2-4-15(21)11-18(12)24-19(26)13-6-8-25(9-7-13)20(27)14-3-5-16(22)17(23)10-14/h2-5,10-11,13H,6-9H2,1H3,(H,24,26). The fourth-order valence-electron chi connectivity index (χ4n) is 3.12. The minimum Gasteiger partial charge on any atom is -0.339 e. The van der Waals surface area contributed by atoms with E-state index in [4.69, 9.17) is 11.6 Å². The van der Waals surface area contributed by atoms with Gasteiger partial charge in [0.05, 0.1) is 0 Å². The number of halogens is 3. The van der Waals surface area contributed by atoms with Gasteiger partial charge in [0.25, 0.3) is 5.91 Å². The van der Waals surface area contributed by atoms with Crippen molar-refractivity contribution in [3.63, 3.8) is 0 Å². The van der Waals surface area contributed by atoms with Gasteiger partial charge in [-0.05, 0) is 55.7 Å². The summed E-state index contributed by atoms with van der Waals surface area (Å²) in [5.74, 6) is -2.73. The van der Waals surface area contributed by atoms with Gasteiger partial charge in [-0.1, -0.05) is 17.7 Å². The molecule has 7 heteroatoms. The van der Waals surface area contributed by atoms with E-state index in [1.807, 2.05) is 13.0 Å². The van der Waals surface area contributed by atoms with E-state index in [1.165, 1.54) is 6.07 Å². The van der Waals surface area contributed by atoms with Crippen molar-refractivity contribution < 1.29 is 18.4 Å². The Morgan fingerprint density at radius 1 is 1.07 bits per heavy atom. The van der Waals surface area contributed by atoms with E-state index in [0.717, 1.165) is 17.7 Å². The number of nitrogens with one attached hydrogen (secondary N) is 1. The van der Waals surface area contributed by atoms with Crippen LogP contribution in [0.3, 0.4) is 0 Å². The molecule has 0 spiro atoms. The van der Waals surface area contributed by atoms with E-state index >= 15 is 0 Å². The van der Waals surface area contributed by atoms with Crippen LogP contribution in [0.1, 0.15) is 28.8 Å². The number of hydrogen-bond acceptors (Lipinski definition) is 2. The Hall–Kier alpha value is -2.47. The summed E-state index contributed by atoms with van der Waals surface area (Å²) >= 11 is 5.97. The first-order chi connectivity index (χ1) is 12.8. The lowest BCUT2D eigenvalue weighted by atomic mass is 9.95. The molecule has 0 radical (unpaired) electrons. The van der Waals surface area contributed by atoms with Crippen molar-refractivity contribution in [3.8, 4) is 0 Å². The predicted molar refractivity (Wildman–Crippen MR) is 99.8 cm³/mol. The van der Waals surface area contributed by atoms with Gasteiger partial charge in [0.2, 0.25) is 5.91 Å². The van der Waals surface area contributed by atoms with Gasteiger partial charge in [-0.3, -0.25) is 9.59 Å². The van der Waals surface area contributed by atoms with Gasteiger partial charge >= 0.3 is 0 Å².